The number of hydrogen-bond donors (Lipinski definition) is 3. The number of hydrogen-bond acceptors (Lipinski definition) is 7. The van der Waals surface area contributed by atoms with Crippen molar-refractivity contribution < 1.29 is 23.2 Å². The van der Waals surface area contributed by atoms with Crippen LogP contribution in [0, 0.1) is 10.1 Å². The van der Waals surface area contributed by atoms with E-state index < -0.39 is 44.2 Å². The van der Waals surface area contributed by atoms with Crippen molar-refractivity contribution in [2.45, 2.75) is 36.2 Å². The van der Waals surface area contributed by atoms with E-state index in [4.69, 9.17) is 5.73 Å². The molecule has 0 saturated heterocycles. The second kappa shape index (κ2) is 12.1. The van der Waals surface area contributed by atoms with E-state index in [-0.39, 0.29) is 11.3 Å². The summed E-state index contributed by atoms with van der Waals surface area (Å²) >= 11 is 0. The number of nitro benzene ring substituents is 1. The zero-order chi connectivity index (χ0) is 26.1. The molecular formula is C26H27N3O6S. The number of aryl methyl sites for hydroxylation is 1. The van der Waals surface area contributed by atoms with Gasteiger partial charge in [-0.15, -0.1) is 0 Å². The number of rotatable bonds is 11. The summed E-state index contributed by atoms with van der Waals surface area (Å²) in [5.74, 6) is -1.02. The number of aromatic hydroxyl groups is 1. The van der Waals surface area contributed by atoms with Gasteiger partial charge in [0.25, 0.3) is 0 Å². The third-order valence-corrected chi connectivity index (χ3v) is 6.95. The lowest BCUT2D eigenvalue weighted by atomic mass is 10.0. The van der Waals surface area contributed by atoms with E-state index in [9.17, 15) is 28.4 Å². The molecule has 10 heteroatoms. The Morgan fingerprint density at radius 1 is 1.03 bits per heavy atom. The summed E-state index contributed by atoms with van der Waals surface area (Å²) in [6, 6.07) is 19.6. The molecule has 188 valence electrons. The van der Waals surface area contributed by atoms with Gasteiger partial charge >= 0.3 is 5.69 Å². The van der Waals surface area contributed by atoms with Gasteiger partial charge in [0, 0.05) is 17.5 Å². The highest BCUT2D eigenvalue weighted by molar-refractivity contribution is 7.94. The Bertz CT molecular complexity index is 1330. The molecule has 0 aliphatic heterocycles. The Kier molecular flexibility index (Phi) is 8.93. The minimum Gasteiger partial charge on any atom is -0.502 e. The molecule has 3 aromatic rings. The Hall–Kier alpha value is -4.02. The summed E-state index contributed by atoms with van der Waals surface area (Å²) in [4.78, 5) is 23.3. The van der Waals surface area contributed by atoms with Crippen molar-refractivity contribution in [2.75, 3.05) is 0 Å². The van der Waals surface area contributed by atoms with Crippen LogP contribution in [0.2, 0.25) is 0 Å². The molecule has 3 aromatic carbocycles. The van der Waals surface area contributed by atoms with Crippen LogP contribution in [0.3, 0.4) is 0 Å². The number of amides is 1. The van der Waals surface area contributed by atoms with Crippen LogP contribution >= 0.6 is 0 Å². The number of phenols is 1. The highest BCUT2D eigenvalue weighted by Gasteiger charge is 2.21. The summed E-state index contributed by atoms with van der Waals surface area (Å²) in [6.45, 7) is 0. The van der Waals surface area contributed by atoms with E-state index in [1.165, 1.54) is 36.4 Å². The van der Waals surface area contributed by atoms with Crippen molar-refractivity contribution in [1.29, 1.82) is 0 Å². The second-order valence-corrected chi connectivity index (χ2v) is 10.1. The molecule has 2 atom stereocenters. The van der Waals surface area contributed by atoms with Crippen LogP contribution in [0.4, 0.5) is 5.69 Å². The highest BCUT2D eigenvalue weighted by atomic mass is 32.2. The largest absolute Gasteiger partial charge is 0.502 e. The Morgan fingerprint density at radius 2 is 1.67 bits per heavy atom. The van der Waals surface area contributed by atoms with E-state index in [0.717, 1.165) is 11.0 Å². The standard InChI is InChI=1S/C26H27N3O6S/c27-23(17-20-12-14-25(30)24(18-20)29(32)33)26(31)28-21(13-11-19-7-3-1-4-8-19)15-16-36(34,35)22-9-5-2-6-10-22/h1-10,12,14-16,18,21,23,30H,11,13,17,27H2,(H,28,31)/b16-15+/t21-,23-/m0/s1. The molecule has 0 radical (unpaired) electrons. The molecule has 0 fully saturated rings. The lowest BCUT2D eigenvalue weighted by Crippen LogP contribution is -2.46. The van der Waals surface area contributed by atoms with Crippen LogP contribution in [0.5, 0.6) is 5.75 Å². The van der Waals surface area contributed by atoms with E-state index >= 15 is 0 Å². The van der Waals surface area contributed by atoms with Crippen LogP contribution in [-0.2, 0) is 27.5 Å². The quantitative estimate of drug-likeness (QED) is 0.265. The average Bonchev–Trinajstić information content (AvgIpc) is 2.87. The molecule has 0 aromatic heterocycles. The smallest absolute Gasteiger partial charge is 0.310 e. The van der Waals surface area contributed by atoms with Crippen LogP contribution < -0.4 is 11.1 Å². The molecule has 0 heterocycles. The Balaban J connectivity index is 1.74. The Morgan fingerprint density at radius 3 is 2.31 bits per heavy atom. The molecule has 9 nitrogen and oxygen atoms in total. The van der Waals surface area contributed by atoms with E-state index in [0.29, 0.717) is 18.4 Å². The van der Waals surface area contributed by atoms with Gasteiger partial charge in [0.15, 0.2) is 15.6 Å². The van der Waals surface area contributed by atoms with Gasteiger partial charge in [-0.05, 0) is 48.6 Å². The number of nitrogens with one attached hydrogen (secondary N) is 1. The van der Waals surface area contributed by atoms with Gasteiger partial charge in [0.1, 0.15) is 0 Å². The number of nitrogens with zero attached hydrogens (tertiary/aromatic N) is 1. The predicted molar refractivity (Wildman–Crippen MR) is 136 cm³/mol. The fourth-order valence-electron chi connectivity index (χ4n) is 3.55. The third-order valence-electron chi connectivity index (χ3n) is 5.51. The molecule has 0 aliphatic rings. The van der Waals surface area contributed by atoms with Crippen LogP contribution in [0.1, 0.15) is 17.5 Å². The number of sulfone groups is 1. The number of phenolic OH excluding ortho intramolecular Hbond substituents is 1. The fraction of sp³-hybridized carbons (Fsp3) is 0.192. The van der Waals surface area contributed by atoms with Crippen LogP contribution in [0.15, 0.2) is 95.2 Å². The predicted octanol–water partition coefficient (Wildman–Crippen LogP) is 3.28. The molecule has 0 aliphatic carbocycles. The van der Waals surface area contributed by atoms with Crippen LogP contribution in [0.25, 0.3) is 0 Å². The SMILES string of the molecule is N[C@@H](Cc1ccc(O)c([N+](=O)[O-])c1)C(=O)N[C@H](/C=C/S(=O)(=O)c1ccccc1)CCc1ccccc1. The third kappa shape index (κ3) is 7.49. The van der Waals surface area contributed by atoms with Crippen molar-refractivity contribution in [3.8, 4) is 5.75 Å². The van der Waals surface area contributed by atoms with Gasteiger partial charge in [-0.1, -0.05) is 60.7 Å². The molecule has 0 bridgehead atoms. The summed E-state index contributed by atoms with van der Waals surface area (Å²) < 4.78 is 25.4. The topological polar surface area (TPSA) is 153 Å². The maximum atomic E-state index is 12.8. The maximum absolute atomic E-state index is 12.8. The molecule has 3 rings (SSSR count). The molecule has 36 heavy (non-hydrogen) atoms. The number of nitrogens with two attached hydrogens (primary N) is 1. The van der Waals surface area contributed by atoms with E-state index in [1.807, 2.05) is 30.3 Å². The van der Waals surface area contributed by atoms with Crippen molar-refractivity contribution in [2.24, 2.45) is 5.73 Å². The summed E-state index contributed by atoms with van der Waals surface area (Å²) in [5.41, 5.74) is 7.01. The summed E-state index contributed by atoms with van der Waals surface area (Å²) in [7, 11) is -3.71. The van der Waals surface area contributed by atoms with Crippen LogP contribution in [-0.4, -0.2) is 36.4 Å². The van der Waals surface area contributed by atoms with E-state index in [1.54, 1.807) is 18.2 Å². The molecule has 0 unspecified atom stereocenters. The van der Waals surface area contributed by atoms with Crippen molar-refractivity contribution in [1.82, 2.24) is 5.32 Å². The molecule has 1 amide bonds. The fourth-order valence-corrected chi connectivity index (χ4v) is 4.64. The van der Waals surface area contributed by atoms with Gasteiger partial charge in [-0.25, -0.2) is 8.42 Å². The van der Waals surface area contributed by atoms with Gasteiger partial charge in [0.2, 0.25) is 5.91 Å². The normalized spacial score (nSPS) is 13.2. The summed E-state index contributed by atoms with van der Waals surface area (Å²) in [5, 5.41) is 24.5. The maximum Gasteiger partial charge on any atom is 0.310 e. The number of nitro groups is 1. The van der Waals surface area contributed by atoms with E-state index in [2.05, 4.69) is 5.32 Å². The average molecular weight is 510 g/mol. The zero-order valence-corrected chi connectivity index (χ0v) is 20.2. The van der Waals surface area contributed by atoms with Crippen molar-refractivity contribution in [3.63, 3.8) is 0 Å². The molecule has 4 N–H and O–H groups in total. The Labute approximate surface area is 209 Å². The highest BCUT2D eigenvalue weighted by Crippen LogP contribution is 2.26. The number of benzene rings is 3. The van der Waals surface area contributed by atoms with Gasteiger partial charge in [0.05, 0.1) is 15.9 Å². The molecular weight excluding hydrogens is 482 g/mol. The first-order valence-corrected chi connectivity index (χ1v) is 12.7. The number of carbonyl (C=O) groups excluding carboxylic acids is 1. The first-order chi connectivity index (χ1) is 17.2. The molecule has 0 saturated carbocycles. The van der Waals surface area contributed by atoms with Gasteiger partial charge in [-0.3, -0.25) is 14.9 Å². The number of carbonyl (C=O) groups is 1. The first-order valence-electron chi connectivity index (χ1n) is 11.2. The van der Waals surface area contributed by atoms with Gasteiger partial charge in [-0.2, -0.15) is 0 Å². The minimum atomic E-state index is -3.71. The van der Waals surface area contributed by atoms with Crippen molar-refractivity contribution in [3.05, 3.63) is 112 Å². The first kappa shape index (κ1) is 26.6. The minimum absolute atomic E-state index is 0.00954. The monoisotopic (exact) mass is 509 g/mol. The van der Waals surface area contributed by atoms with Crippen molar-refractivity contribution >= 4 is 21.4 Å². The van der Waals surface area contributed by atoms with Gasteiger partial charge < -0.3 is 16.2 Å². The second-order valence-electron chi connectivity index (χ2n) is 8.22. The summed E-state index contributed by atoms with van der Waals surface area (Å²) in [6.07, 6.45) is 2.43. The molecule has 0 spiro atoms. The lowest BCUT2D eigenvalue weighted by Gasteiger charge is -2.19. The zero-order valence-electron chi connectivity index (χ0n) is 19.4. The lowest BCUT2D eigenvalue weighted by molar-refractivity contribution is -0.385.